The van der Waals surface area contributed by atoms with E-state index in [4.69, 9.17) is 18.9 Å². The topological polar surface area (TPSA) is 421 Å². The van der Waals surface area contributed by atoms with E-state index < -0.39 is 252 Å². The summed E-state index contributed by atoms with van der Waals surface area (Å²) in [6.45, 7) is 31.0. The summed E-state index contributed by atoms with van der Waals surface area (Å²) in [5.41, 5.74) is -6.58. The number of ketones is 2. The second kappa shape index (κ2) is 44.3. The number of carbonyl (C=O) groups excluding carboxylic acids is 16. The van der Waals surface area contributed by atoms with Gasteiger partial charge in [-0.2, -0.15) is 0 Å². The number of rotatable bonds is 24. The van der Waals surface area contributed by atoms with Crippen LogP contribution in [0, 0.1) is 70.0 Å². The van der Waals surface area contributed by atoms with Gasteiger partial charge in [-0.1, -0.05) is 135 Å². The highest BCUT2D eigenvalue weighted by Gasteiger charge is 2.76. The molecule has 1 saturated heterocycles. The number of aliphatic hydroxyl groups excluding tert-OH is 1. The van der Waals surface area contributed by atoms with Crippen LogP contribution in [-0.4, -0.2) is 292 Å². The van der Waals surface area contributed by atoms with Gasteiger partial charge in [0.25, 0.3) is 0 Å². The van der Waals surface area contributed by atoms with Gasteiger partial charge in [0.2, 0.25) is 77.6 Å². The molecule has 124 heavy (non-hydrogen) atoms. The van der Waals surface area contributed by atoms with E-state index in [1.165, 1.54) is 96.1 Å². The lowest BCUT2D eigenvalue weighted by Gasteiger charge is -2.62. The van der Waals surface area contributed by atoms with E-state index in [-0.39, 0.29) is 87.2 Å². The van der Waals surface area contributed by atoms with E-state index in [0.717, 1.165) is 19.6 Å². The first-order chi connectivity index (χ1) is 57.5. The third-order valence-corrected chi connectivity index (χ3v) is 26.2. The van der Waals surface area contributed by atoms with Crippen LogP contribution in [0.15, 0.2) is 36.0 Å². The van der Waals surface area contributed by atoms with Crippen LogP contribution in [0.3, 0.4) is 0 Å². The highest BCUT2D eigenvalue weighted by atomic mass is 19.1. The summed E-state index contributed by atoms with van der Waals surface area (Å²) in [6.07, 6.45) is 1.80. The monoisotopic (exact) mass is 1750 g/mol. The molecule has 20 atom stereocenters. The minimum atomic E-state index is -2.24. The molecule has 5 aliphatic rings. The van der Waals surface area contributed by atoms with E-state index in [2.05, 4.69) is 21.3 Å². The van der Waals surface area contributed by atoms with Crippen molar-refractivity contribution in [1.82, 2.24) is 55.6 Å². The lowest BCUT2D eigenvalue weighted by molar-refractivity contribution is -0.220. The fraction of sp³-hybridized carbons (Fsp3) is 0.756. The molecule has 3 saturated carbocycles. The summed E-state index contributed by atoms with van der Waals surface area (Å²) >= 11 is 0. The van der Waals surface area contributed by atoms with Crippen molar-refractivity contribution in [1.29, 1.82) is 0 Å². The summed E-state index contributed by atoms with van der Waals surface area (Å²) in [4.78, 5) is 240. The smallest absolute Gasteiger partial charge is 0.458 e. The minimum Gasteiger partial charge on any atom is -0.458 e. The van der Waals surface area contributed by atoms with Gasteiger partial charge in [0.05, 0.1) is 25.5 Å². The van der Waals surface area contributed by atoms with Crippen molar-refractivity contribution in [3.05, 3.63) is 36.0 Å². The number of carbonyl (C=O) groups is 16. The first kappa shape index (κ1) is 105. The summed E-state index contributed by atoms with van der Waals surface area (Å²) in [5.74, 6) is -17.5. The van der Waals surface area contributed by atoms with Gasteiger partial charge in [0.15, 0.2) is 18.1 Å². The van der Waals surface area contributed by atoms with Crippen LogP contribution in [0.2, 0.25) is 0 Å². The van der Waals surface area contributed by atoms with Gasteiger partial charge in [0, 0.05) is 66.1 Å². The molecule has 1 heterocycles. The molecule has 6 N–H and O–H groups in total. The molecule has 0 radical (unpaired) electrons. The van der Waals surface area contributed by atoms with Gasteiger partial charge in [-0.25, -0.2) is 9.18 Å². The fourth-order valence-corrected chi connectivity index (χ4v) is 18.9. The first-order valence-corrected chi connectivity index (χ1v) is 43.9. The molecule has 5 rings (SSSR count). The molecule has 4 aliphatic carbocycles. The number of Topliss-reactive ketones (excluding diaryl/α,β-unsaturated/α-hetero) is 1. The van der Waals surface area contributed by atoms with Crippen molar-refractivity contribution in [2.24, 2.45) is 70.0 Å². The standard InChI is InChI=1S/C90H144FN11O22/c1-28-30-31-54(15)75(124-86(119)123-47-122-71(108)35-34-70(107)121-46-68(105)90(120)55(16)42-61-60-33-32-58-43-59(103)36-37-87(58,19)89(60,91)67(104)44-88(61,90)20)74-79(112)94-62(29-2)81(114)96(21)45-69(106)97(22)63(38-48(3)4)78(111)95-72(52(11)12)84(117)98(23)64(39-49(5)6)77(110)92-56(17)76(109)93-57(18)80(113)99(24)65(40-50(7)8)82(115)100(25)66(41-51(9)10)83(116)101(26)73(53(13)14)85(118)102(74)27/h28,30,36-37,43,48-57,60-67,72-75,104,120H,29,31-35,38-42,44-47H2,1-27H3,(H,92,110)(H,93,109)(H,94,112)(H,95,111)/b30-28+/t54-,55+,56?,57?,60?,61?,62?,63+,64?,65?,66?,67+,72?,73?,74?,75?,87+,88+,89+,90+/m1/s1. The Balaban J connectivity index is 1.52. The Labute approximate surface area is 731 Å². The molecule has 11 amide bonds. The van der Waals surface area contributed by atoms with Crippen LogP contribution in [0.5, 0.6) is 0 Å². The fourth-order valence-electron chi connectivity index (χ4n) is 18.9. The summed E-state index contributed by atoms with van der Waals surface area (Å²) in [6, 6.07) is -13.8. The predicted octanol–water partition coefficient (Wildman–Crippen LogP) is 6.17. The largest absolute Gasteiger partial charge is 0.511 e. The van der Waals surface area contributed by atoms with Crippen LogP contribution in [0.1, 0.15) is 216 Å². The van der Waals surface area contributed by atoms with E-state index in [0.29, 0.717) is 12.0 Å². The number of hydrogen-bond donors (Lipinski definition) is 6. The zero-order valence-electron chi connectivity index (χ0n) is 78.3. The number of esters is 2. The number of halogens is 1. The maximum Gasteiger partial charge on any atom is 0.511 e. The molecular weight excluding hydrogens is 1610 g/mol. The molecule has 12 unspecified atom stereocenters. The Bertz CT molecular complexity index is 4000. The number of ether oxygens (including phenoxy) is 4. The maximum atomic E-state index is 17.8. The lowest BCUT2D eigenvalue weighted by atomic mass is 9.44. The molecule has 33 nitrogen and oxygen atoms in total. The normalized spacial score (nSPS) is 31.3. The van der Waals surface area contributed by atoms with Crippen molar-refractivity contribution in [2.45, 2.75) is 299 Å². The summed E-state index contributed by atoms with van der Waals surface area (Å²) in [7, 11) is 9.39. The number of allylic oxidation sites excluding steroid dienone is 6. The Kier molecular flexibility index (Phi) is 37.6. The zero-order valence-corrected chi connectivity index (χ0v) is 78.3. The van der Waals surface area contributed by atoms with Gasteiger partial charge >= 0.3 is 18.1 Å². The molecule has 0 spiro atoms. The van der Waals surface area contributed by atoms with Crippen molar-refractivity contribution in [3.8, 4) is 0 Å². The number of likely N-dealkylation sites (N-methyl/N-ethyl adjacent to an activating group) is 7. The number of nitrogens with zero attached hydrogens (tertiary/aromatic N) is 7. The number of amides is 11. The van der Waals surface area contributed by atoms with Crippen LogP contribution in [0.25, 0.3) is 0 Å². The van der Waals surface area contributed by atoms with E-state index in [1.807, 2.05) is 55.4 Å². The maximum absolute atomic E-state index is 17.8. The van der Waals surface area contributed by atoms with Crippen molar-refractivity contribution in [3.63, 3.8) is 0 Å². The third-order valence-electron chi connectivity index (χ3n) is 26.2. The van der Waals surface area contributed by atoms with Crippen LogP contribution < -0.4 is 21.3 Å². The van der Waals surface area contributed by atoms with Gasteiger partial charge < -0.3 is 84.7 Å². The summed E-state index contributed by atoms with van der Waals surface area (Å²) < 4.78 is 39.7. The highest BCUT2D eigenvalue weighted by Crippen LogP contribution is 2.71. The number of fused-ring (bicyclic) bond motifs is 5. The average Bonchev–Trinajstić information content (AvgIpc) is 1.69. The molecule has 4 fully saturated rings. The SMILES string of the molecule is C/C=C/C[C@@H](C)C(OC(=O)OCOC(=O)CCC(=O)OCC(=O)[C@@]1(O)[C@@H](C)CC2C3CCC4=CC(=O)C=C[C@]4(C)[C@@]3(F)[C@@H](O)C[C@@]21C)C1C(=O)NC(CC)C(=O)N(C)CC(=O)N(C)[C@@H](CC(C)C)C(=O)NC(C(C)C)C(=O)N(C)C(CC(C)C)C(=O)NC(C)C(=O)NC(C)C(=O)N(C)C(CC(C)C)C(=O)N(C)C(CC(C)C)C(=O)N(C)C(C(C)C)C(=O)N1C. The molecule has 0 aromatic heterocycles. The average molecular weight is 1750 g/mol. The van der Waals surface area contributed by atoms with E-state index >= 15 is 23.6 Å². The number of nitrogens with one attached hydrogen (secondary N) is 4. The van der Waals surface area contributed by atoms with Gasteiger partial charge in [0.1, 0.15) is 72.1 Å². The number of hydrogen-bond acceptors (Lipinski definition) is 22. The minimum absolute atomic E-state index is 0.0185. The quantitative estimate of drug-likeness (QED) is 0.0272. The van der Waals surface area contributed by atoms with E-state index in [9.17, 15) is 67.7 Å². The van der Waals surface area contributed by atoms with Crippen molar-refractivity contribution in [2.75, 3.05) is 69.3 Å². The summed E-state index contributed by atoms with van der Waals surface area (Å²) in [5, 5.41) is 35.2. The lowest BCUT2D eigenvalue weighted by Crippen LogP contribution is -2.69. The molecule has 0 bridgehead atoms. The van der Waals surface area contributed by atoms with Crippen LogP contribution in [0.4, 0.5) is 9.18 Å². The van der Waals surface area contributed by atoms with Crippen LogP contribution >= 0.6 is 0 Å². The van der Waals surface area contributed by atoms with E-state index in [1.54, 1.807) is 81.4 Å². The van der Waals surface area contributed by atoms with Crippen molar-refractivity contribution >= 4 is 94.6 Å². The molecule has 1 aliphatic heterocycles. The Morgan fingerprint density at radius 1 is 0.581 bits per heavy atom. The second-order valence-corrected chi connectivity index (χ2v) is 38.0. The number of aliphatic hydroxyl groups is 2. The molecule has 34 heteroatoms. The first-order valence-electron chi connectivity index (χ1n) is 43.9. The predicted molar refractivity (Wildman–Crippen MR) is 458 cm³/mol. The molecular formula is C90H144FN11O22. The Morgan fingerprint density at radius 3 is 1.61 bits per heavy atom. The Morgan fingerprint density at radius 2 is 1.08 bits per heavy atom. The molecule has 0 aromatic carbocycles. The van der Waals surface area contributed by atoms with Gasteiger partial charge in [-0.3, -0.25) is 71.9 Å². The molecule has 0 aromatic rings. The highest BCUT2D eigenvalue weighted by molar-refractivity contribution is 6.02. The van der Waals surface area contributed by atoms with Crippen molar-refractivity contribution < 1.29 is 110 Å². The van der Waals surface area contributed by atoms with Gasteiger partial charge in [-0.15, -0.1) is 0 Å². The second-order valence-electron chi connectivity index (χ2n) is 38.0. The number of alkyl halides is 1. The molecule has 698 valence electrons. The third kappa shape index (κ3) is 23.9. The van der Waals surface area contributed by atoms with Gasteiger partial charge in [-0.05, 0) is 157 Å². The zero-order chi connectivity index (χ0) is 94.4. The Hall–Kier alpha value is -9.21. The van der Waals surface area contributed by atoms with Crippen LogP contribution in [-0.2, 0) is 90.9 Å².